The van der Waals surface area contributed by atoms with E-state index >= 15 is 0 Å². The van der Waals surface area contributed by atoms with Gasteiger partial charge in [-0.15, -0.1) is 0 Å². The number of amides is 3. The molecule has 10 heteroatoms. The average Bonchev–Trinajstić information content (AvgIpc) is 3.14. The van der Waals surface area contributed by atoms with E-state index in [1.54, 1.807) is 27.7 Å². The van der Waals surface area contributed by atoms with Gasteiger partial charge in [-0.3, -0.25) is 19.3 Å². The number of urea groups is 1. The minimum absolute atomic E-state index is 0.124. The Balaban J connectivity index is 2.10. The number of hydrogen-bond acceptors (Lipinski definition) is 7. The third-order valence-electron chi connectivity index (χ3n) is 5.49. The largest absolute Gasteiger partial charge is 0.465 e. The number of nitrogens with zero attached hydrogens (tertiary/aromatic N) is 1. The molecule has 2 heterocycles. The van der Waals surface area contributed by atoms with Crippen LogP contribution < -0.4 is 5.32 Å². The van der Waals surface area contributed by atoms with Gasteiger partial charge in [0.1, 0.15) is 12.1 Å². The predicted molar refractivity (Wildman–Crippen MR) is 105 cm³/mol. The van der Waals surface area contributed by atoms with Crippen LogP contribution in [0.25, 0.3) is 0 Å². The maximum atomic E-state index is 12.7. The highest BCUT2D eigenvalue weighted by Crippen LogP contribution is 2.25. The van der Waals surface area contributed by atoms with E-state index in [9.17, 15) is 24.0 Å². The monoisotopic (exact) mass is 421 g/mol. The number of rotatable bonds is 8. The van der Waals surface area contributed by atoms with Crippen LogP contribution in [0.4, 0.5) is 4.79 Å². The highest BCUT2D eigenvalue weighted by molar-refractivity contribution is 6.09. The molecule has 30 heavy (non-hydrogen) atoms. The van der Waals surface area contributed by atoms with E-state index in [1.807, 2.05) is 0 Å². The molecule has 1 aromatic rings. The molecule has 1 saturated heterocycles. The molecule has 10 nitrogen and oxygen atoms in total. The fraction of sp³-hybridized carbons (Fsp3) is 0.550. The number of hydrogen-bond donors (Lipinski definition) is 2. The lowest BCUT2D eigenvalue weighted by Crippen LogP contribution is -2.46. The van der Waals surface area contributed by atoms with Crippen LogP contribution in [0, 0.1) is 13.8 Å². The van der Waals surface area contributed by atoms with Crippen molar-refractivity contribution in [2.75, 3.05) is 13.7 Å². The lowest BCUT2D eigenvalue weighted by Gasteiger charge is -2.23. The van der Waals surface area contributed by atoms with Crippen LogP contribution in [0.5, 0.6) is 0 Å². The molecule has 1 atom stereocenters. The van der Waals surface area contributed by atoms with Crippen molar-refractivity contribution in [3.8, 4) is 0 Å². The normalized spacial score (nSPS) is 16.3. The standard InChI is InChI=1S/C20H27N3O7/c1-7-20(8-2)18(27)23(19(28)22-20)9-13(24)30-12(5)16(25)15-10(3)14(11(4)21-15)17(26)29-6/h12,21H,7-9H2,1-6H3,(H,22,28). The molecule has 1 fully saturated rings. The number of H-pyrrole nitrogens is 1. The number of aryl methyl sites for hydroxylation is 1. The smallest absolute Gasteiger partial charge is 0.339 e. The summed E-state index contributed by atoms with van der Waals surface area (Å²) in [7, 11) is 1.24. The quantitative estimate of drug-likeness (QED) is 0.370. The van der Waals surface area contributed by atoms with Crippen molar-refractivity contribution in [2.24, 2.45) is 0 Å². The van der Waals surface area contributed by atoms with Gasteiger partial charge in [0.05, 0.1) is 18.4 Å². The van der Waals surface area contributed by atoms with Gasteiger partial charge in [0.2, 0.25) is 5.78 Å². The second kappa shape index (κ2) is 8.68. The summed E-state index contributed by atoms with van der Waals surface area (Å²) in [5, 5.41) is 2.62. The Labute approximate surface area is 174 Å². The fourth-order valence-electron chi connectivity index (χ4n) is 3.57. The molecule has 1 aromatic heterocycles. The van der Waals surface area contributed by atoms with Crippen molar-refractivity contribution in [1.82, 2.24) is 15.2 Å². The summed E-state index contributed by atoms with van der Waals surface area (Å²) in [5.74, 6) is -2.52. The second-order valence-electron chi connectivity index (χ2n) is 7.22. The molecule has 0 saturated carbocycles. The Hall–Kier alpha value is -3.17. The molecule has 2 N–H and O–H groups in total. The van der Waals surface area contributed by atoms with Gasteiger partial charge in [-0.2, -0.15) is 0 Å². The van der Waals surface area contributed by atoms with Gasteiger partial charge < -0.3 is 19.8 Å². The first-order valence-corrected chi connectivity index (χ1v) is 9.68. The average molecular weight is 421 g/mol. The number of imide groups is 1. The van der Waals surface area contributed by atoms with Gasteiger partial charge >= 0.3 is 18.0 Å². The predicted octanol–water partition coefficient (Wildman–Crippen LogP) is 1.64. The first kappa shape index (κ1) is 23.1. The molecule has 1 aliphatic heterocycles. The number of carbonyl (C=O) groups is 5. The summed E-state index contributed by atoms with van der Waals surface area (Å²) >= 11 is 0. The highest BCUT2D eigenvalue weighted by atomic mass is 16.5. The van der Waals surface area contributed by atoms with Crippen molar-refractivity contribution >= 4 is 29.7 Å². The molecule has 1 aliphatic rings. The number of Topliss-reactive ketones (excluding diaryl/α,β-unsaturated/α-hetero) is 1. The first-order valence-electron chi connectivity index (χ1n) is 9.68. The zero-order valence-electron chi connectivity index (χ0n) is 18.0. The fourth-order valence-corrected chi connectivity index (χ4v) is 3.57. The minimum Gasteiger partial charge on any atom is -0.465 e. The van der Waals surface area contributed by atoms with Gasteiger partial charge in [-0.25, -0.2) is 9.59 Å². The zero-order valence-corrected chi connectivity index (χ0v) is 18.0. The van der Waals surface area contributed by atoms with Crippen LogP contribution in [-0.2, 0) is 19.1 Å². The maximum absolute atomic E-state index is 12.7. The van der Waals surface area contributed by atoms with E-state index in [0.29, 0.717) is 24.1 Å². The topological polar surface area (TPSA) is 135 Å². The molecule has 2 rings (SSSR count). The van der Waals surface area contributed by atoms with Crippen molar-refractivity contribution in [1.29, 1.82) is 0 Å². The molecule has 0 aliphatic carbocycles. The Morgan fingerprint density at radius 3 is 2.23 bits per heavy atom. The summed E-state index contributed by atoms with van der Waals surface area (Å²) < 4.78 is 9.87. The van der Waals surface area contributed by atoms with Crippen LogP contribution in [0.2, 0.25) is 0 Å². The second-order valence-corrected chi connectivity index (χ2v) is 7.22. The first-order chi connectivity index (χ1) is 14.0. The van der Waals surface area contributed by atoms with Crippen LogP contribution in [-0.4, -0.2) is 64.8 Å². The van der Waals surface area contributed by atoms with E-state index in [4.69, 9.17) is 9.47 Å². The number of ether oxygens (including phenoxy) is 2. The van der Waals surface area contributed by atoms with Gasteiger partial charge in [0.25, 0.3) is 5.91 Å². The van der Waals surface area contributed by atoms with Crippen molar-refractivity contribution < 1.29 is 33.4 Å². The van der Waals surface area contributed by atoms with E-state index in [-0.39, 0.29) is 11.3 Å². The molecule has 0 aromatic carbocycles. The van der Waals surface area contributed by atoms with E-state index in [0.717, 1.165) is 4.90 Å². The number of aromatic nitrogens is 1. The number of ketones is 1. The third-order valence-corrected chi connectivity index (χ3v) is 5.49. The Bertz CT molecular complexity index is 898. The number of carbonyl (C=O) groups excluding carboxylic acids is 5. The minimum atomic E-state index is -1.19. The lowest BCUT2D eigenvalue weighted by atomic mass is 9.93. The molecule has 3 amide bonds. The van der Waals surface area contributed by atoms with Gasteiger partial charge in [-0.1, -0.05) is 13.8 Å². The van der Waals surface area contributed by atoms with Crippen molar-refractivity contribution in [3.63, 3.8) is 0 Å². The summed E-state index contributed by atoms with van der Waals surface area (Å²) in [5.41, 5.74) is 0.184. The lowest BCUT2D eigenvalue weighted by molar-refractivity contribution is -0.150. The summed E-state index contributed by atoms with van der Waals surface area (Å²) in [4.78, 5) is 65.2. The molecule has 1 unspecified atom stereocenters. The summed E-state index contributed by atoms with van der Waals surface area (Å²) in [6.45, 7) is 7.53. The zero-order chi connectivity index (χ0) is 22.8. The van der Waals surface area contributed by atoms with Crippen LogP contribution in [0.3, 0.4) is 0 Å². The van der Waals surface area contributed by atoms with Crippen molar-refractivity contribution in [3.05, 3.63) is 22.5 Å². The van der Waals surface area contributed by atoms with Crippen molar-refractivity contribution in [2.45, 2.75) is 59.1 Å². The van der Waals surface area contributed by atoms with Gasteiger partial charge in [-0.05, 0) is 39.2 Å². The Morgan fingerprint density at radius 1 is 1.13 bits per heavy atom. The molecular weight excluding hydrogens is 394 g/mol. The molecule has 164 valence electrons. The van der Waals surface area contributed by atoms with Gasteiger partial charge in [0.15, 0.2) is 6.10 Å². The Kier molecular flexibility index (Phi) is 6.69. The number of nitrogens with one attached hydrogen (secondary N) is 2. The van der Waals surface area contributed by atoms with Crippen LogP contribution in [0.15, 0.2) is 0 Å². The third kappa shape index (κ3) is 3.94. The summed E-state index contributed by atoms with van der Waals surface area (Å²) in [6.07, 6.45) is -0.409. The number of methoxy groups -OCH3 is 1. The number of aromatic amines is 1. The maximum Gasteiger partial charge on any atom is 0.339 e. The van der Waals surface area contributed by atoms with E-state index in [1.165, 1.54) is 14.0 Å². The van der Waals surface area contributed by atoms with Crippen LogP contribution >= 0.6 is 0 Å². The SMILES string of the molecule is CCC1(CC)NC(=O)N(CC(=O)OC(C)C(=O)c2[nH]c(C)c(C(=O)OC)c2C)C1=O. The molecule has 0 spiro atoms. The van der Waals surface area contributed by atoms with Crippen LogP contribution in [0.1, 0.15) is 65.7 Å². The van der Waals surface area contributed by atoms with Gasteiger partial charge in [0, 0.05) is 5.69 Å². The number of esters is 2. The highest BCUT2D eigenvalue weighted by Gasteiger charge is 2.49. The van der Waals surface area contributed by atoms with E-state index in [2.05, 4.69) is 10.3 Å². The molecule has 0 bridgehead atoms. The molecular formula is C20H27N3O7. The summed E-state index contributed by atoms with van der Waals surface area (Å²) in [6, 6.07) is -0.668. The molecule has 0 radical (unpaired) electrons. The van der Waals surface area contributed by atoms with E-state index < -0.39 is 47.8 Å². The Morgan fingerprint density at radius 2 is 1.73 bits per heavy atom.